The molecule has 0 aromatic carbocycles. The molecule has 4 saturated carbocycles. The van der Waals surface area contributed by atoms with E-state index in [-0.39, 0.29) is 16.7 Å². The van der Waals surface area contributed by atoms with Crippen molar-refractivity contribution in [3.8, 4) is 0 Å². The Labute approximate surface area is 176 Å². The molecule has 5 rings (SSSR count). The summed E-state index contributed by atoms with van der Waals surface area (Å²) >= 11 is 0. The minimum atomic E-state index is 0.200. The Morgan fingerprint density at radius 3 is 2.52 bits per heavy atom. The van der Waals surface area contributed by atoms with E-state index in [1.54, 1.807) is 0 Å². The molecule has 0 aliphatic heterocycles. The van der Waals surface area contributed by atoms with Crippen LogP contribution in [0.4, 0.5) is 0 Å². The zero-order chi connectivity index (χ0) is 20.2. The van der Waals surface area contributed by atoms with Crippen molar-refractivity contribution in [1.82, 2.24) is 0 Å². The van der Waals surface area contributed by atoms with Crippen molar-refractivity contribution in [2.24, 2.45) is 34.5 Å². The molecule has 6 atom stereocenters. The van der Waals surface area contributed by atoms with Gasteiger partial charge in [-0.2, -0.15) is 0 Å². The minimum absolute atomic E-state index is 0.200. The van der Waals surface area contributed by atoms with E-state index in [9.17, 15) is 9.59 Å². The van der Waals surface area contributed by atoms with Gasteiger partial charge in [0.15, 0.2) is 11.6 Å². The van der Waals surface area contributed by atoms with Gasteiger partial charge < -0.3 is 0 Å². The normalized spacial score (nSPS) is 44.4. The molecule has 0 radical (unpaired) electrons. The summed E-state index contributed by atoms with van der Waals surface area (Å²) in [6, 6.07) is 0. The third-order valence-corrected chi connectivity index (χ3v) is 10.1. The van der Waals surface area contributed by atoms with Crippen molar-refractivity contribution >= 4 is 11.6 Å². The summed E-state index contributed by atoms with van der Waals surface area (Å²) in [7, 11) is 0. The first-order chi connectivity index (χ1) is 13.9. The third-order valence-electron chi connectivity index (χ3n) is 10.1. The van der Waals surface area contributed by atoms with Crippen LogP contribution in [-0.2, 0) is 9.59 Å². The van der Waals surface area contributed by atoms with Crippen molar-refractivity contribution in [2.45, 2.75) is 97.3 Å². The Hall–Kier alpha value is -1.18. The maximum atomic E-state index is 13.3. The Bertz CT molecular complexity index is 765. The first-order valence-electron chi connectivity index (χ1n) is 12.4. The van der Waals surface area contributed by atoms with E-state index < -0.39 is 0 Å². The van der Waals surface area contributed by atoms with Gasteiger partial charge in [-0.3, -0.25) is 9.59 Å². The van der Waals surface area contributed by atoms with Crippen LogP contribution in [0.15, 0.2) is 23.3 Å². The highest BCUT2D eigenvalue weighted by atomic mass is 16.1. The van der Waals surface area contributed by atoms with Crippen LogP contribution in [0.2, 0.25) is 0 Å². The number of ketones is 2. The molecule has 29 heavy (non-hydrogen) atoms. The van der Waals surface area contributed by atoms with Gasteiger partial charge in [-0.05, 0) is 111 Å². The summed E-state index contributed by atoms with van der Waals surface area (Å²) in [5.74, 6) is 3.23. The highest BCUT2D eigenvalue weighted by Crippen LogP contribution is 2.66. The van der Waals surface area contributed by atoms with Crippen molar-refractivity contribution in [2.75, 3.05) is 0 Å². The fourth-order valence-corrected chi connectivity index (χ4v) is 8.48. The van der Waals surface area contributed by atoms with Gasteiger partial charge in [-0.15, -0.1) is 0 Å². The second-order valence-corrected chi connectivity index (χ2v) is 11.4. The number of carbonyl (C=O) groups excluding carboxylic acids is 2. The predicted molar refractivity (Wildman–Crippen MR) is 116 cm³/mol. The fourth-order valence-electron chi connectivity index (χ4n) is 8.48. The van der Waals surface area contributed by atoms with Crippen LogP contribution in [0.25, 0.3) is 0 Å². The van der Waals surface area contributed by atoms with Crippen molar-refractivity contribution in [3.05, 3.63) is 23.3 Å². The van der Waals surface area contributed by atoms with E-state index in [2.05, 4.69) is 19.9 Å². The topological polar surface area (TPSA) is 34.1 Å². The van der Waals surface area contributed by atoms with Gasteiger partial charge in [-0.1, -0.05) is 31.4 Å². The summed E-state index contributed by atoms with van der Waals surface area (Å²) in [6.07, 6.45) is 19.2. The number of rotatable bonds is 2. The SMILES string of the molecule is CC12CCC(=O)C=C1CCC1C2CCC2(C)C(C(=O)C=C3CCCCC3)CCC12. The van der Waals surface area contributed by atoms with E-state index in [4.69, 9.17) is 0 Å². The Morgan fingerprint density at radius 2 is 1.72 bits per heavy atom. The van der Waals surface area contributed by atoms with Gasteiger partial charge in [0.2, 0.25) is 0 Å². The monoisotopic (exact) mass is 394 g/mol. The maximum Gasteiger partial charge on any atom is 0.159 e. The van der Waals surface area contributed by atoms with Gasteiger partial charge in [0.05, 0.1) is 0 Å². The third kappa shape index (κ3) is 3.12. The zero-order valence-corrected chi connectivity index (χ0v) is 18.5. The molecule has 0 aromatic rings. The Balaban J connectivity index is 1.38. The molecule has 0 heterocycles. The zero-order valence-electron chi connectivity index (χ0n) is 18.5. The van der Waals surface area contributed by atoms with E-state index in [0.717, 1.165) is 50.4 Å². The predicted octanol–water partition coefficient (Wildman–Crippen LogP) is 6.59. The fraction of sp³-hybridized carbons (Fsp3) is 0.778. The summed E-state index contributed by atoms with van der Waals surface area (Å²) in [5, 5.41) is 0. The molecule has 5 aliphatic carbocycles. The number of allylic oxidation sites excluding steroid dienone is 3. The molecular weight excluding hydrogens is 356 g/mol. The van der Waals surface area contributed by atoms with Gasteiger partial charge in [0.25, 0.3) is 0 Å². The van der Waals surface area contributed by atoms with E-state index in [1.165, 1.54) is 56.1 Å². The van der Waals surface area contributed by atoms with Crippen LogP contribution < -0.4 is 0 Å². The minimum Gasteiger partial charge on any atom is -0.295 e. The lowest BCUT2D eigenvalue weighted by molar-refractivity contribution is -0.126. The second kappa shape index (κ2) is 7.20. The van der Waals surface area contributed by atoms with Gasteiger partial charge in [-0.25, -0.2) is 0 Å². The van der Waals surface area contributed by atoms with Gasteiger partial charge in [0.1, 0.15) is 0 Å². The van der Waals surface area contributed by atoms with Crippen LogP contribution in [-0.4, -0.2) is 11.6 Å². The smallest absolute Gasteiger partial charge is 0.159 e. The van der Waals surface area contributed by atoms with E-state index in [1.807, 2.05) is 6.08 Å². The van der Waals surface area contributed by atoms with Crippen LogP contribution in [0.3, 0.4) is 0 Å². The molecule has 158 valence electrons. The lowest BCUT2D eigenvalue weighted by Crippen LogP contribution is -2.51. The van der Waals surface area contributed by atoms with Crippen LogP contribution >= 0.6 is 0 Å². The molecule has 0 amide bonds. The molecule has 0 saturated heterocycles. The molecule has 6 unspecified atom stereocenters. The molecule has 0 spiro atoms. The molecule has 2 nitrogen and oxygen atoms in total. The molecule has 4 fully saturated rings. The summed E-state index contributed by atoms with van der Waals surface area (Å²) in [4.78, 5) is 25.4. The van der Waals surface area contributed by atoms with Crippen LogP contribution in [0.5, 0.6) is 0 Å². The summed E-state index contributed by atoms with van der Waals surface area (Å²) < 4.78 is 0. The first kappa shape index (κ1) is 19.8. The lowest BCUT2D eigenvalue weighted by atomic mass is 9.46. The lowest BCUT2D eigenvalue weighted by Gasteiger charge is -2.58. The molecular formula is C27H38O2. The Morgan fingerprint density at radius 1 is 0.931 bits per heavy atom. The Kier molecular flexibility index (Phi) is 4.91. The average Bonchev–Trinajstić information content (AvgIpc) is 3.06. The highest BCUT2D eigenvalue weighted by molar-refractivity contribution is 5.93. The van der Waals surface area contributed by atoms with Gasteiger partial charge in [0, 0.05) is 12.3 Å². The largest absolute Gasteiger partial charge is 0.295 e. The van der Waals surface area contributed by atoms with E-state index in [0.29, 0.717) is 17.5 Å². The molecule has 0 aromatic heterocycles. The molecule has 5 aliphatic rings. The standard InChI is InChI=1S/C27H38O2/c1-26-14-12-20(28)17-19(26)8-9-21-22-10-11-24(27(22,2)15-13-23(21)26)25(29)16-18-6-4-3-5-7-18/h16-17,21-24H,3-15H2,1-2H3. The number of fused-ring (bicyclic) bond motifs is 5. The molecule has 0 N–H and O–H groups in total. The van der Waals surface area contributed by atoms with Crippen LogP contribution in [0.1, 0.15) is 97.3 Å². The van der Waals surface area contributed by atoms with Crippen molar-refractivity contribution in [1.29, 1.82) is 0 Å². The van der Waals surface area contributed by atoms with E-state index >= 15 is 0 Å². The van der Waals surface area contributed by atoms with Crippen molar-refractivity contribution in [3.63, 3.8) is 0 Å². The van der Waals surface area contributed by atoms with Crippen molar-refractivity contribution < 1.29 is 9.59 Å². The maximum absolute atomic E-state index is 13.3. The number of hydrogen-bond donors (Lipinski definition) is 0. The first-order valence-corrected chi connectivity index (χ1v) is 12.4. The van der Waals surface area contributed by atoms with Crippen LogP contribution in [0, 0.1) is 34.5 Å². The highest BCUT2D eigenvalue weighted by Gasteiger charge is 2.59. The number of carbonyl (C=O) groups is 2. The average molecular weight is 395 g/mol. The number of hydrogen-bond acceptors (Lipinski definition) is 2. The molecule has 2 heteroatoms. The molecule has 0 bridgehead atoms. The quantitative estimate of drug-likeness (QED) is 0.495. The second-order valence-electron chi connectivity index (χ2n) is 11.4. The van der Waals surface area contributed by atoms with Gasteiger partial charge >= 0.3 is 0 Å². The summed E-state index contributed by atoms with van der Waals surface area (Å²) in [5.41, 5.74) is 3.32. The summed E-state index contributed by atoms with van der Waals surface area (Å²) in [6.45, 7) is 4.91.